The number of morpholine rings is 1. The number of halogens is 1. The van der Waals surface area contributed by atoms with Crippen LogP contribution >= 0.6 is 35.3 Å². The molecule has 2 aliphatic heterocycles. The Bertz CT molecular complexity index is 773. The van der Waals surface area contributed by atoms with E-state index in [1.54, 1.807) is 0 Å². The molecule has 2 aliphatic rings. The number of nitrogens with zero attached hydrogens (tertiary/aromatic N) is 5. The lowest BCUT2D eigenvalue weighted by Gasteiger charge is -2.37. The zero-order valence-electron chi connectivity index (χ0n) is 16.8. The van der Waals surface area contributed by atoms with Gasteiger partial charge in [0.2, 0.25) is 0 Å². The molecule has 0 bridgehead atoms. The summed E-state index contributed by atoms with van der Waals surface area (Å²) in [5.41, 5.74) is 1.20. The third-order valence-electron chi connectivity index (χ3n) is 5.22. The van der Waals surface area contributed by atoms with E-state index in [0.29, 0.717) is 0 Å². The zero-order valence-corrected chi connectivity index (χ0v) is 19.9. The second-order valence-corrected chi connectivity index (χ2v) is 7.84. The number of hydrogen-bond donors (Lipinski definition) is 1. The highest BCUT2D eigenvalue weighted by molar-refractivity contribution is 14.0. The largest absolute Gasteiger partial charge is 0.378 e. The second-order valence-electron chi connectivity index (χ2n) is 6.91. The summed E-state index contributed by atoms with van der Waals surface area (Å²) in [5.74, 6) is 2.01. The summed E-state index contributed by atoms with van der Waals surface area (Å²) in [5, 5.41) is 7.04. The fourth-order valence-electron chi connectivity index (χ4n) is 3.72. The number of piperazine rings is 1. The topological polar surface area (TPSA) is 56.2 Å². The van der Waals surface area contributed by atoms with Crippen molar-refractivity contribution in [3.8, 4) is 0 Å². The van der Waals surface area contributed by atoms with Crippen LogP contribution in [-0.4, -0.2) is 75.4 Å². The van der Waals surface area contributed by atoms with Gasteiger partial charge in [-0.1, -0.05) is 6.07 Å². The van der Waals surface area contributed by atoms with E-state index in [-0.39, 0.29) is 24.0 Å². The van der Waals surface area contributed by atoms with E-state index in [1.807, 2.05) is 30.6 Å². The summed E-state index contributed by atoms with van der Waals surface area (Å²) in [6.45, 7) is 8.02. The number of ether oxygens (including phenoxy) is 1. The molecule has 0 aliphatic carbocycles. The van der Waals surface area contributed by atoms with E-state index < -0.39 is 0 Å². The molecule has 2 saturated heterocycles. The van der Waals surface area contributed by atoms with Crippen molar-refractivity contribution in [2.75, 3.05) is 69.3 Å². The molecule has 0 spiro atoms. The maximum atomic E-state index is 5.48. The smallest absolute Gasteiger partial charge is 0.194 e. The Hall–Kier alpha value is -1.59. The van der Waals surface area contributed by atoms with Gasteiger partial charge in [-0.3, -0.25) is 4.99 Å². The van der Waals surface area contributed by atoms with Gasteiger partial charge in [0.1, 0.15) is 5.82 Å². The maximum absolute atomic E-state index is 5.48. The Balaban J connectivity index is 0.00000240. The summed E-state index contributed by atoms with van der Waals surface area (Å²) in [6, 6.07) is 8.46. The van der Waals surface area contributed by atoms with Crippen LogP contribution in [0.1, 0.15) is 5.56 Å². The Kier molecular flexibility index (Phi) is 8.37. The van der Waals surface area contributed by atoms with Crippen molar-refractivity contribution in [3.05, 3.63) is 41.4 Å². The molecule has 0 atom stereocenters. The van der Waals surface area contributed by atoms with Gasteiger partial charge in [-0.05, 0) is 23.6 Å². The summed E-state index contributed by atoms with van der Waals surface area (Å²) < 4.78 is 5.48. The normalized spacial score (nSPS) is 17.8. The third-order valence-corrected chi connectivity index (χ3v) is 6.15. The molecule has 4 rings (SSSR count). The lowest BCUT2D eigenvalue weighted by molar-refractivity contribution is 0.122. The predicted octanol–water partition coefficient (Wildman–Crippen LogP) is 2.50. The number of thiophene rings is 1. The van der Waals surface area contributed by atoms with Crippen molar-refractivity contribution in [2.24, 2.45) is 4.99 Å². The molecule has 2 aromatic rings. The first-order valence-corrected chi connectivity index (χ1v) is 10.7. The van der Waals surface area contributed by atoms with Crippen molar-refractivity contribution in [1.82, 2.24) is 15.2 Å². The Morgan fingerprint density at radius 1 is 1.10 bits per heavy atom. The molecular weight excluding hydrogens is 499 g/mol. The molecule has 2 fully saturated rings. The molecule has 1 N–H and O–H groups in total. The van der Waals surface area contributed by atoms with Crippen LogP contribution in [0.2, 0.25) is 0 Å². The summed E-state index contributed by atoms with van der Waals surface area (Å²) >= 11 is 1.81. The minimum Gasteiger partial charge on any atom is -0.378 e. The molecular formula is C20H29IN6OS. The van der Waals surface area contributed by atoms with Gasteiger partial charge in [0.25, 0.3) is 0 Å². The zero-order chi connectivity index (χ0) is 19.2. The fourth-order valence-corrected chi connectivity index (χ4v) is 4.51. The van der Waals surface area contributed by atoms with E-state index in [1.165, 1.54) is 10.6 Å². The van der Waals surface area contributed by atoms with Crippen LogP contribution in [0.5, 0.6) is 0 Å². The van der Waals surface area contributed by atoms with Gasteiger partial charge in [0.15, 0.2) is 5.96 Å². The highest BCUT2D eigenvalue weighted by Crippen LogP contribution is 2.22. The number of guanidine groups is 1. The molecule has 0 unspecified atom stereocenters. The quantitative estimate of drug-likeness (QED) is 0.374. The van der Waals surface area contributed by atoms with Crippen LogP contribution in [0.25, 0.3) is 0 Å². The standard InChI is InChI=1S/C20H28N6OS.HI/c1-21-20(26-9-7-24(8-10-26)18-5-3-15-28-18)23-16-17-4-2-6-22-19(17)25-11-13-27-14-12-25;/h2-6,15H,7-14,16H2,1H3,(H,21,23);1H. The first-order valence-electron chi connectivity index (χ1n) is 9.86. The van der Waals surface area contributed by atoms with Crippen LogP contribution in [0.15, 0.2) is 40.8 Å². The van der Waals surface area contributed by atoms with Gasteiger partial charge in [0.05, 0.1) is 18.2 Å². The number of aromatic nitrogens is 1. The van der Waals surface area contributed by atoms with Crippen LogP contribution in [0, 0.1) is 0 Å². The second kappa shape index (κ2) is 11.0. The van der Waals surface area contributed by atoms with E-state index in [2.05, 4.69) is 53.6 Å². The molecule has 7 nitrogen and oxygen atoms in total. The Labute approximate surface area is 193 Å². The molecule has 0 amide bonds. The van der Waals surface area contributed by atoms with E-state index in [9.17, 15) is 0 Å². The van der Waals surface area contributed by atoms with Crippen LogP contribution in [0.4, 0.5) is 10.8 Å². The van der Waals surface area contributed by atoms with Crippen molar-refractivity contribution in [3.63, 3.8) is 0 Å². The summed E-state index contributed by atoms with van der Waals surface area (Å²) in [4.78, 5) is 16.2. The van der Waals surface area contributed by atoms with Crippen molar-refractivity contribution < 1.29 is 4.74 Å². The van der Waals surface area contributed by atoms with Crippen LogP contribution in [-0.2, 0) is 11.3 Å². The van der Waals surface area contributed by atoms with E-state index >= 15 is 0 Å². The number of anilines is 2. The monoisotopic (exact) mass is 528 g/mol. The number of hydrogen-bond acceptors (Lipinski definition) is 6. The number of aliphatic imine (C=N–C) groups is 1. The highest BCUT2D eigenvalue weighted by atomic mass is 127. The van der Waals surface area contributed by atoms with Gasteiger partial charge in [-0.25, -0.2) is 4.98 Å². The Morgan fingerprint density at radius 3 is 2.59 bits per heavy atom. The van der Waals surface area contributed by atoms with Gasteiger partial charge in [-0.2, -0.15) is 0 Å². The Morgan fingerprint density at radius 2 is 1.90 bits per heavy atom. The molecule has 0 radical (unpaired) electrons. The SMILES string of the molecule is CN=C(NCc1cccnc1N1CCOCC1)N1CCN(c2cccs2)CC1.I. The minimum absolute atomic E-state index is 0. The van der Waals surface area contributed by atoms with Crippen molar-refractivity contribution in [1.29, 1.82) is 0 Å². The summed E-state index contributed by atoms with van der Waals surface area (Å²) in [6.07, 6.45) is 1.87. The number of pyridine rings is 1. The molecule has 2 aromatic heterocycles. The summed E-state index contributed by atoms with van der Waals surface area (Å²) in [7, 11) is 1.86. The minimum atomic E-state index is 0. The molecule has 29 heavy (non-hydrogen) atoms. The highest BCUT2D eigenvalue weighted by Gasteiger charge is 2.21. The lowest BCUT2D eigenvalue weighted by Crippen LogP contribution is -2.52. The average Bonchev–Trinajstić information content (AvgIpc) is 3.30. The first-order chi connectivity index (χ1) is 13.8. The molecule has 0 aromatic carbocycles. The number of nitrogens with one attached hydrogen (secondary N) is 1. The first kappa shape index (κ1) is 22.1. The van der Waals surface area contributed by atoms with Crippen LogP contribution in [0.3, 0.4) is 0 Å². The van der Waals surface area contributed by atoms with Crippen molar-refractivity contribution >= 4 is 52.1 Å². The average molecular weight is 528 g/mol. The maximum Gasteiger partial charge on any atom is 0.194 e. The van der Waals surface area contributed by atoms with Gasteiger partial charge in [0, 0.05) is 64.6 Å². The molecule has 0 saturated carbocycles. The number of rotatable bonds is 4. The molecule has 158 valence electrons. The van der Waals surface area contributed by atoms with E-state index in [0.717, 1.165) is 70.8 Å². The predicted molar refractivity (Wildman–Crippen MR) is 131 cm³/mol. The van der Waals surface area contributed by atoms with Crippen molar-refractivity contribution in [2.45, 2.75) is 6.54 Å². The molecule has 4 heterocycles. The molecule has 9 heteroatoms. The van der Waals surface area contributed by atoms with Gasteiger partial charge >= 0.3 is 0 Å². The fraction of sp³-hybridized carbons (Fsp3) is 0.500. The van der Waals surface area contributed by atoms with Gasteiger partial charge in [-0.15, -0.1) is 35.3 Å². The van der Waals surface area contributed by atoms with E-state index in [4.69, 9.17) is 4.74 Å². The van der Waals surface area contributed by atoms with Crippen LogP contribution < -0.4 is 15.1 Å². The third kappa shape index (κ3) is 5.52. The lowest BCUT2D eigenvalue weighted by atomic mass is 10.2. The van der Waals surface area contributed by atoms with Gasteiger partial charge < -0.3 is 24.8 Å².